The molecular weight excluding hydrogens is 403 g/mol. The van der Waals surface area contributed by atoms with E-state index in [2.05, 4.69) is 10.0 Å². The highest BCUT2D eigenvalue weighted by Gasteiger charge is 2.34. The van der Waals surface area contributed by atoms with Crippen LogP contribution in [-0.2, 0) is 26.7 Å². The van der Waals surface area contributed by atoms with E-state index < -0.39 is 10.0 Å². The first-order chi connectivity index (χ1) is 14.3. The molecule has 0 atom stereocenters. The zero-order valence-corrected chi connectivity index (χ0v) is 18.1. The second-order valence-electron chi connectivity index (χ2n) is 7.98. The molecule has 0 saturated heterocycles. The highest BCUT2D eigenvalue weighted by Crippen LogP contribution is 2.39. The molecule has 0 spiro atoms. The van der Waals surface area contributed by atoms with Gasteiger partial charge < -0.3 is 5.32 Å². The zero-order chi connectivity index (χ0) is 21.6. The molecule has 0 aliphatic heterocycles. The molecule has 0 radical (unpaired) electrons. The van der Waals surface area contributed by atoms with Crippen molar-refractivity contribution in [3.05, 3.63) is 65.5 Å². The lowest BCUT2D eigenvalue weighted by molar-refractivity contribution is -0.121. The highest BCUT2D eigenvalue weighted by atomic mass is 32.2. The molecular formula is C23H29FN2O3S. The summed E-state index contributed by atoms with van der Waals surface area (Å²) in [4.78, 5) is 12.7. The molecule has 30 heavy (non-hydrogen) atoms. The summed E-state index contributed by atoms with van der Waals surface area (Å²) in [6, 6.07) is 13.2. The molecule has 0 heterocycles. The average molecular weight is 433 g/mol. The van der Waals surface area contributed by atoms with E-state index >= 15 is 0 Å². The largest absolute Gasteiger partial charge is 0.355 e. The minimum absolute atomic E-state index is 0.0333. The Bertz CT molecular complexity index is 951. The molecule has 1 aliphatic rings. The fraction of sp³-hybridized carbons (Fsp3) is 0.435. The van der Waals surface area contributed by atoms with Gasteiger partial charge in [-0.15, -0.1) is 0 Å². The van der Waals surface area contributed by atoms with E-state index in [4.69, 9.17) is 0 Å². The minimum atomic E-state index is -3.46. The summed E-state index contributed by atoms with van der Waals surface area (Å²) < 4.78 is 39.2. The first-order valence-electron chi connectivity index (χ1n) is 10.4. The number of rotatable bonds is 8. The molecule has 0 aromatic heterocycles. The van der Waals surface area contributed by atoms with Crippen molar-refractivity contribution in [3.8, 4) is 0 Å². The fourth-order valence-corrected chi connectivity index (χ4v) is 4.90. The topological polar surface area (TPSA) is 75.3 Å². The first kappa shape index (κ1) is 22.4. The summed E-state index contributed by atoms with van der Waals surface area (Å²) in [5.74, 6) is -0.281. The lowest BCUT2D eigenvalue weighted by atomic mass is 9.69. The molecule has 0 unspecified atom stereocenters. The maximum Gasteiger partial charge on any atom is 0.240 e. The van der Waals surface area contributed by atoms with E-state index in [9.17, 15) is 17.6 Å². The molecule has 1 aliphatic carbocycles. The Labute approximate surface area is 178 Å². The second-order valence-corrected chi connectivity index (χ2v) is 9.86. The predicted octanol–water partition coefficient (Wildman–Crippen LogP) is 3.68. The maximum atomic E-state index is 13.4. The summed E-state index contributed by atoms with van der Waals surface area (Å²) in [5, 5.41) is 3.08. The van der Waals surface area contributed by atoms with Crippen LogP contribution in [0.2, 0.25) is 0 Å². The third kappa shape index (κ3) is 5.46. The van der Waals surface area contributed by atoms with Gasteiger partial charge in [0.2, 0.25) is 15.9 Å². The summed E-state index contributed by atoms with van der Waals surface area (Å²) in [5.41, 5.74) is 1.86. The van der Waals surface area contributed by atoms with Crippen LogP contribution in [0.3, 0.4) is 0 Å². The number of carbonyl (C=O) groups is 1. The summed E-state index contributed by atoms with van der Waals surface area (Å²) in [6.45, 7) is 0.552. The SMILES string of the molecule is CNS(=O)(=O)c1ccc(CCC(=O)NCC2(c3ccc(F)cc3)CCCCC2)cc1. The smallest absolute Gasteiger partial charge is 0.240 e. The number of hydrogen-bond acceptors (Lipinski definition) is 3. The molecule has 5 nitrogen and oxygen atoms in total. The van der Waals surface area contributed by atoms with E-state index in [1.165, 1.54) is 25.6 Å². The van der Waals surface area contributed by atoms with E-state index in [1.54, 1.807) is 24.3 Å². The molecule has 2 aromatic carbocycles. The Hall–Kier alpha value is -2.25. The Morgan fingerprint density at radius 3 is 2.23 bits per heavy atom. The summed E-state index contributed by atoms with van der Waals surface area (Å²) >= 11 is 0. The molecule has 1 saturated carbocycles. The second kappa shape index (κ2) is 9.71. The summed E-state index contributed by atoms with van der Waals surface area (Å²) in [7, 11) is -2.08. The maximum absolute atomic E-state index is 13.4. The molecule has 1 fully saturated rings. The van der Waals surface area contributed by atoms with Gasteiger partial charge in [-0.2, -0.15) is 0 Å². The third-order valence-electron chi connectivity index (χ3n) is 6.03. The van der Waals surface area contributed by atoms with Gasteiger partial charge in [-0.3, -0.25) is 4.79 Å². The number of nitrogens with one attached hydrogen (secondary N) is 2. The van der Waals surface area contributed by atoms with Crippen LogP contribution in [0.1, 0.15) is 49.7 Å². The number of hydrogen-bond donors (Lipinski definition) is 2. The van der Waals surface area contributed by atoms with Gasteiger partial charge in [0, 0.05) is 18.4 Å². The standard InChI is InChI=1S/C23H29FN2O3S/c1-25-30(28,29)21-12-5-18(6-13-21)7-14-22(27)26-17-23(15-3-2-4-16-23)19-8-10-20(24)11-9-19/h5-6,8-13,25H,2-4,7,14-17H2,1H3,(H,26,27). The average Bonchev–Trinajstić information content (AvgIpc) is 2.77. The fourth-order valence-electron chi connectivity index (χ4n) is 4.17. The predicted molar refractivity (Wildman–Crippen MR) is 115 cm³/mol. The van der Waals surface area contributed by atoms with Gasteiger partial charge >= 0.3 is 0 Å². The Morgan fingerprint density at radius 2 is 1.63 bits per heavy atom. The quantitative estimate of drug-likeness (QED) is 0.668. The number of benzene rings is 2. The summed E-state index contributed by atoms with van der Waals surface area (Å²) in [6.07, 6.45) is 6.24. The Kier molecular flexibility index (Phi) is 7.26. The van der Waals surface area contributed by atoms with Crippen LogP contribution in [-0.4, -0.2) is 27.9 Å². The van der Waals surface area contributed by atoms with Crippen LogP contribution >= 0.6 is 0 Å². The Morgan fingerprint density at radius 1 is 1.00 bits per heavy atom. The molecule has 7 heteroatoms. The van der Waals surface area contributed by atoms with Crippen LogP contribution in [0.25, 0.3) is 0 Å². The molecule has 162 valence electrons. The number of aryl methyl sites for hydroxylation is 1. The van der Waals surface area contributed by atoms with E-state index in [1.807, 2.05) is 12.1 Å². The number of carbonyl (C=O) groups excluding carboxylic acids is 1. The monoisotopic (exact) mass is 432 g/mol. The van der Waals surface area contributed by atoms with Crippen molar-refractivity contribution in [3.63, 3.8) is 0 Å². The van der Waals surface area contributed by atoms with Crippen molar-refractivity contribution < 1.29 is 17.6 Å². The van der Waals surface area contributed by atoms with Gasteiger partial charge in [0.1, 0.15) is 5.82 Å². The highest BCUT2D eigenvalue weighted by molar-refractivity contribution is 7.89. The normalized spacial score (nSPS) is 16.2. The molecule has 3 rings (SSSR count). The molecule has 2 N–H and O–H groups in total. The zero-order valence-electron chi connectivity index (χ0n) is 17.3. The lowest BCUT2D eigenvalue weighted by Gasteiger charge is -2.38. The van der Waals surface area contributed by atoms with Gasteiger partial charge in [-0.25, -0.2) is 17.5 Å². The van der Waals surface area contributed by atoms with Crippen molar-refractivity contribution in [1.82, 2.24) is 10.0 Å². The lowest BCUT2D eigenvalue weighted by Crippen LogP contribution is -2.42. The number of sulfonamides is 1. The van der Waals surface area contributed by atoms with Gasteiger partial charge in [0.05, 0.1) is 4.90 Å². The van der Waals surface area contributed by atoms with E-state index in [0.29, 0.717) is 19.4 Å². The van der Waals surface area contributed by atoms with Crippen LogP contribution < -0.4 is 10.0 Å². The van der Waals surface area contributed by atoms with Crippen LogP contribution in [0, 0.1) is 5.82 Å². The van der Waals surface area contributed by atoms with Crippen LogP contribution in [0.4, 0.5) is 4.39 Å². The first-order valence-corrected chi connectivity index (χ1v) is 11.9. The molecule has 1 amide bonds. The van der Waals surface area contributed by atoms with Gasteiger partial charge in [0.25, 0.3) is 0 Å². The van der Waals surface area contributed by atoms with Crippen molar-refractivity contribution in [2.75, 3.05) is 13.6 Å². The van der Waals surface area contributed by atoms with Crippen molar-refractivity contribution in [2.45, 2.75) is 55.3 Å². The number of halogens is 1. The van der Waals surface area contributed by atoms with Gasteiger partial charge in [0.15, 0.2) is 0 Å². The van der Waals surface area contributed by atoms with Crippen molar-refractivity contribution in [1.29, 1.82) is 0 Å². The molecule has 2 aromatic rings. The van der Waals surface area contributed by atoms with Crippen molar-refractivity contribution >= 4 is 15.9 Å². The van der Waals surface area contributed by atoms with E-state index in [0.717, 1.165) is 36.8 Å². The van der Waals surface area contributed by atoms with Crippen LogP contribution in [0.5, 0.6) is 0 Å². The number of amides is 1. The Balaban J connectivity index is 1.58. The van der Waals surface area contributed by atoms with E-state index in [-0.39, 0.29) is 22.0 Å². The molecule has 0 bridgehead atoms. The third-order valence-corrected chi connectivity index (χ3v) is 7.46. The van der Waals surface area contributed by atoms with Gasteiger partial charge in [-0.1, -0.05) is 43.5 Å². The van der Waals surface area contributed by atoms with Gasteiger partial charge in [-0.05, 0) is 61.7 Å². The minimum Gasteiger partial charge on any atom is -0.355 e. The van der Waals surface area contributed by atoms with Crippen molar-refractivity contribution in [2.24, 2.45) is 0 Å². The van der Waals surface area contributed by atoms with Crippen LogP contribution in [0.15, 0.2) is 53.4 Å².